The zero-order valence-corrected chi connectivity index (χ0v) is 18.3. The number of hydrogen-bond donors (Lipinski definition) is 1. The Morgan fingerprint density at radius 2 is 2.15 bits per heavy atom. The number of aliphatic hydroxyl groups excluding tert-OH is 1. The minimum atomic E-state index is -0.773. The molecule has 2 aromatic heterocycles. The molecule has 1 aliphatic rings. The Morgan fingerprint density at radius 3 is 2.85 bits per heavy atom. The third kappa shape index (κ3) is 4.59. The molecule has 0 saturated carbocycles. The molecule has 0 saturated heterocycles. The fourth-order valence-electron chi connectivity index (χ4n) is 3.92. The molecule has 0 bridgehead atoms. The molecule has 8 nitrogen and oxygen atoms in total. The second-order valence-electron chi connectivity index (χ2n) is 7.73. The number of aryl methyl sites for hydroxylation is 2. The van der Waals surface area contributed by atoms with Gasteiger partial charge in [0.05, 0.1) is 17.9 Å². The van der Waals surface area contributed by atoms with E-state index in [-0.39, 0.29) is 11.3 Å². The SMILES string of the molecule is C=CCOc1cccc([C@@H]2C(C(=O)c3ccc(C)o3)=C(O)C(=O)N2CCCn2ccnc2)c1. The molecule has 3 aromatic rings. The lowest BCUT2D eigenvalue weighted by Crippen LogP contribution is -2.32. The van der Waals surface area contributed by atoms with Gasteiger partial charge in [0, 0.05) is 25.5 Å². The Hall–Kier alpha value is -4.07. The molecule has 1 N–H and O–H groups in total. The maximum absolute atomic E-state index is 13.3. The van der Waals surface area contributed by atoms with Gasteiger partial charge in [0.2, 0.25) is 5.78 Å². The van der Waals surface area contributed by atoms with Gasteiger partial charge in [0.1, 0.15) is 18.1 Å². The van der Waals surface area contributed by atoms with Crippen LogP contribution < -0.4 is 4.74 Å². The molecule has 0 unspecified atom stereocenters. The summed E-state index contributed by atoms with van der Waals surface area (Å²) in [6.45, 7) is 6.67. The molecule has 3 heterocycles. The number of amides is 1. The standard InChI is InChI=1S/C25H25N3O5/c1-3-14-32-19-7-4-6-18(15-19)22-21(23(29)20-9-8-17(2)33-20)24(30)25(31)28(22)12-5-11-27-13-10-26-16-27/h3-4,6-10,13,15-16,22,30H,1,5,11-12,14H2,2H3/t22-/m1/s1. The van der Waals surface area contributed by atoms with E-state index in [9.17, 15) is 14.7 Å². The first-order chi connectivity index (χ1) is 16.0. The first-order valence-corrected chi connectivity index (χ1v) is 10.6. The number of aromatic nitrogens is 2. The molecule has 170 valence electrons. The first kappa shape index (κ1) is 22.1. The number of Topliss-reactive ketones (excluding diaryl/α,β-unsaturated/α-hetero) is 1. The third-order valence-corrected chi connectivity index (χ3v) is 5.43. The van der Waals surface area contributed by atoms with Crippen molar-refractivity contribution in [3.05, 3.63) is 96.2 Å². The van der Waals surface area contributed by atoms with Crippen LogP contribution in [0.4, 0.5) is 0 Å². The highest BCUT2D eigenvalue weighted by Crippen LogP contribution is 2.40. The van der Waals surface area contributed by atoms with Gasteiger partial charge >= 0.3 is 0 Å². The molecular weight excluding hydrogens is 422 g/mol. The van der Waals surface area contributed by atoms with E-state index in [0.717, 1.165) is 0 Å². The van der Waals surface area contributed by atoms with Crippen molar-refractivity contribution < 1.29 is 23.8 Å². The van der Waals surface area contributed by atoms with E-state index in [4.69, 9.17) is 9.15 Å². The minimum Gasteiger partial charge on any atom is -0.503 e. The van der Waals surface area contributed by atoms with Crippen molar-refractivity contribution in [2.75, 3.05) is 13.2 Å². The van der Waals surface area contributed by atoms with Crippen LogP contribution in [0.1, 0.15) is 34.3 Å². The fourth-order valence-corrected chi connectivity index (χ4v) is 3.92. The van der Waals surface area contributed by atoms with Crippen LogP contribution >= 0.6 is 0 Å². The largest absolute Gasteiger partial charge is 0.503 e. The maximum Gasteiger partial charge on any atom is 0.290 e. The van der Waals surface area contributed by atoms with Gasteiger partial charge in [-0.25, -0.2) is 4.98 Å². The average molecular weight is 447 g/mol. The molecule has 1 aromatic carbocycles. The Kier molecular flexibility index (Phi) is 6.44. The van der Waals surface area contributed by atoms with Crippen molar-refractivity contribution in [1.29, 1.82) is 0 Å². The Morgan fingerprint density at radius 1 is 1.30 bits per heavy atom. The normalized spacial score (nSPS) is 15.8. The summed E-state index contributed by atoms with van der Waals surface area (Å²) in [7, 11) is 0. The van der Waals surface area contributed by atoms with Crippen LogP contribution in [0.2, 0.25) is 0 Å². The van der Waals surface area contributed by atoms with E-state index in [1.54, 1.807) is 61.9 Å². The molecule has 4 rings (SSSR count). The molecule has 8 heteroatoms. The Bertz CT molecular complexity index is 1190. The van der Waals surface area contributed by atoms with Crippen LogP contribution in [0.5, 0.6) is 5.75 Å². The quantitative estimate of drug-likeness (QED) is 0.372. The summed E-state index contributed by atoms with van der Waals surface area (Å²) in [6.07, 6.45) is 7.48. The van der Waals surface area contributed by atoms with E-state index < -0.39 is 23.5 Å². The van der Waals surface area contributed by atoms with Gasteiger partial charge in [-0.15, -0.1) is 0 Å². The number of carbonyl (C=O) groups excluding carboxylic acids is 2. The molecular formula is C25H25N3O5. The van der Waals surface area contributed by atoms with E-state index in [0.29, 0.717) is 43.2 Å². The van der Waals surface area contributed by atoms with Crippen LogP contribution in [-0.2, 0) is 11.3 Å². The zero-order chi connectivity index (χ0) is 23.4. The summed E-state index contributed by atoms with van der Waals surface area (Å²) in [5.74, 6) is -0.449. The van der Waals surface area contributed by atoms with Gasteiger partial charge in [-0.05, 0) is 43.2 Å². The molecule has 1 atom stereocenters. The highest BCUT2D eigenvalue weighted by atomic mass is 16.5. The molecule has 1 amide bonds. The van der Waals surface area contributed by atoms with Crippen molar-refractivity contribution in [3.8, 4) is 5.75 Å². The number of ether oxygens (including phenoxy) is 1. The summed E-state index contributed by atoms with van der Waals surface area (Å²) in [4.78, 5) is 31.9. The average Bonchev–Trinajstić information content (AvgIpc) is 3.54. The zero-order valence-electron chi connectivity index (χ0n) is 18.3. The monoisotopic (exact) mass is 447 g/mol. The number of rotatable bonds is 10. The van der Waals surface area contributed by atoms with E-state index >= 15 is 0 Å². The molecule has 0 aliphatic carbocycles. The molecule has 0 radical (unpaired) electrons. The fraction of sp³-hybridized carbons (Fsp3) is 0.240. The number of furan rings is 1. The lowest BCUT2D eigenvalue weighted by Gasteiger charge is -2.27. The third-order valence-electron chi connectivity index (χ3n) is 5.43. The first-order valence-electron chi connectivity index (χ1n) is 10.6. The van der Waals surface area contributed by atoms with Gasteiger partial charge in [0.25, 0.3) is 5.91 Å². The number of imidazole rings is 1. The summed E-state index contributed by atoms with van der Waals surface area (Å²) >= 11 is 0. The van der Waals surface area contributed by atoms with Gasteiger partial charge in [-0.3, -0.25) is 9.59 Å². The second-order valence-corrected chi connectivity index (χ2v) is 7.73. The Balaban J connectivity index is 1.68. The summed E-state index contributed by atoms with van der Waals surface area (Å²) < 4.78 is 13.0. The number of nitrogens with zero attached hydrogens (tertiary/aromatic N) is 3. The lowest BCUT2D eigenvalue weighted by atomic mass is 9.95. The predicted octanol–water partition coefficient (Wildman–Crippen LogP) is 4.02. The van der Waals surface area contributed by atoms with Crippen LogP contribution in [0, 0.1) is 6.92 Å². The van der Waals surface area contributed by atoms with E-state index in [1.165, 1.54) is 4.90 Å². The number of aliphatic hydroxyl groups is 1. The summed E-state index contributed by atoms with van der Waals surface area (Å²) in [6, 6.07) is 9.59. The number of benzene rings is 1. The highest BCUT2D eigenvalue weighted by molar-refractivity contribution is 6.15. The predicted molar refractivity (Wildman–Crippen MR) is 121 cm³/mol. The number of carbonyl (C=O) groups is 2. The van der Waals surface area contributed by atoms with Crippen LogP contribution in [0.25, 0.3) is 0 Å². The lowest BCUT2D eigenvalue weighted by molar-refractivity contribution is -0.129. The van der Waals surface area contributed by atoms with Gasteiger partial charge in [-0.2, -0.15) is 0 Å². The molecule has 0 spiro atoms. The van der Waals surface area contributed by atoms with Crippen LogP contribution in [0.3, 0.4) is 0 Å². The minimum absolute atomic E-state index is 0.00199. The summed E-state index contributed by atoms with van der Waals surface area (Å²) in [5.41, 5.74) is 0.654. The van der Waals surface area contributed by atoms with Gasteiger partial charge in [0.15, 0.2) is 11.5 Å². The van der Waals surface area contributed by atoms with Crippen molar-refractivity contribution in [1.82, 2.24) is 14.5 Å². The molecule has 0 fully saturated rings. The smallest absolute Gasteiger partial charge is 0.290 e. The van der Waals surface area contributed by atoms with E-state index in [1.807, 2.05) is 10.8 Å². The van der Waals surface area contributed by atoms with Crippen molar-refractivity contribution in [2.45, 2.75) is 25.9 Å². The number of hydrogen-bond acceptors (Lipinski definition) is 6. The van der Waals surface area contributed by atoms with Gasteiger partial charge < -0.3 is 23.7 Å². The Labute approximate surface area is 191 Å². The highest BCUT2D eigenvalue weighted by Gasteiger charge is 2.44. The van der Waals surface area contributed by atoms with Crippen LogP contribution in [-0.4, -0.2) is 44.4 Å². The van der Waals surface area contributed by atoms with Gasteiger partial charge in [-0.1, -0.05) is 24.8 Å². The number of ketones is 1. The van der Waals surface area contributed by atoms with Crippen molar-refractivity contribution in [2.24, 2.45) is 0 Å². The molecule has 1 aliphatic heterocycles. The van der Waals surface area contributed by atoms with Crippen molar-refractivity contribution >= 4 is 11.7 Å². The van der Waals surface area contributed by atoms with Crippen LogP contribution in [0.15, 0.2) is 83.5 Å². The van der Waals surface area contributed by atoms with Crippen molar-refractivity contribution in [3.63, 3.8) is 0 Å². The topological polar surface area (TPSA) is 97.8 Å². The van der Waals surface area contributed by atoms with E-state index in [2.05, 4.69) is 11.6 Å². The second kappa shape index (κ2) is 9.60. The maximum atomic E-state index is 13.3. The molecule has 33 heavy (non-hydrogen) atoms. The summed E-state index contributed by atoms with van der Waals surface area (Å²) in [5, 5.41) is 10.8.